The molecule has 1 atom stereocenters. The third kappa shape index (κ3) is 3.84. The van der Waals surface area contributed by atoms with Crippen LogP contribution in [0.3, 0.4) is 0 Å². The van der Waals surface area contributed by atoms with Crippen LogP contribution in [0, 0.1) is 6.92 Å². The van der Waals surface area contributed by atoms with Gasteiger partial charge in [-0.05, 0) is 26.0 Å². The molecule has 110 valence electrons. The lowest BCUT2D eigenvalue weighted by molar-refractivity contribution is 0.280. The summed E-state index contributed by atoms with van der Waals surface area (Å²) in [5.41, 5.74) is 1.87. The third-order valence-electron chi connectivity index (χ3n) is 2.98. The lowest BCUT2D eigenvalue weighted by Crippen LogP contribution is -2.10. The summed E-state index contributed by atoms with van der Waals surface area (Å²) in [5.74, 6) is 0.341. The molecule has 0 amide bonds. The molecule has 0 radical (unpaired) electrons. The molecular formula is C17H19O3P. The van der Waals surface area contributed by atoms with Crippen LogP contribution in [0.4, 0.5) is 0 Å². The first-order valence-corrected chi connectivity index (χ1v) is 8.35. The molecule has 21 heavy (non-hydrogen) atoms. The Labute approximate surface area is 125 Å². The van der Waals surface area contributed by atoms with E-state index in [2.05, 4.69) is 6.58 Å². The smallest absolute Gasteiger partial charge is 0.410 e. The van der Waals surface area contributed by atoms with Crippen molar-refractivity contribution in [3.8, 4) is 0 Å². The Balaban J connectivity index is 2.28. The number of hydrogen-bond acceptors (Lipinski definition) is 3. The van der Waals surface area contributed by atoms with E-state index in [4.69, 9.17) is 9.05 Å². The maximum Gasteiger partial charge on any atom is 0.410 e. The van der Waals surface area contributed by atoms with Crippen LogP contribution in [0.2, 0.25) is 0 Å². The maximum absolute atomic E-state index is 13.0. The lowest BCUT2D eigenvalue weighted by atomic mass is 10.2. The zero-order valence-electron chi connectivity index (χ0n) is 12.3. The molecule has 0 aliphatic heterocycles. The van der Waals surface area contributed by atoms with Gasteiger partial charge in [-0.3, -0.25) is 4.52 Å². The molecule has 0 saturated heterocycles. The van der Waals surface area contributed by atoms with E-state index in [9.17, 15) is 4.57 Å². The van der Waals surface area contributed by atoms with Gasteiger partial charge in [-0.15, -0.1) is 0 Å². The van der Waals surface area contributed by atoms with Gasteiger partial charge in [-0.2, -0.15) is 0 Å². The number of aryl methyl sites for hydroxylation is 1. The summed E-state index contributed by atoms with van der Waals surface area (Å²) in [6.07, 6.45) is 0. The van der Waals surface area contributed by atoms with Crippen molar-refractivity contribution in [2.45, 2.75) is 13.8 Å². The van der Waals surface area contributed by atoms with Gasteiger partial charge in [-0.1, -0.05) is 54.6 Å². The average Bonchev–Trinajstić information content (AvgIpc) is 2.49. The van der Waals surface area contributed by atoms with Crippen molar-refractivity contribution in [1.82, 2.24) is 0 Å². The van der Waals surface area contributed by atoms with Gasteiger partial charge in [0.1, 0.15) is 5.76 Å². The Morgan fingerprint density at radius 2 is 1.71 bits per heavy atom. The van der Waals surface area contributed by atoms with E-state index in [1.165, 1.54) is 0 Å². The minimum atomic E-state index is -3.41. The molecule has 0 fully saturated rings. The van der Waals surface area contributed by atoms with E-state index < -0.39 is 7.60 Å². The first-order valence-electron chi connectivity index (χ1n) is 6.81. The molecule has 3 nitrogen and oxygen atoms in total. The number of hydrogen-bond donors (Lipinski definition) is 0. The summed E-state index contributed by atoms with van der Waals surface area (Å²) < 4.78 is 24.1. The van der Waals surface area contributed by atoms with Gasteiger partial charge < -0.3 is 4.52 Å². The van der Waals surface area contributed by atoms with Crippen molar-refractivity contribution in [2.75, 3.05) is 6.61 Å². The molecule has 0 aliphatic carbocycles. The molecule has 0 N–H and O–H groups in total. The summed E-state index contributed by atoms with van der Waals surface area (Å²) in [4.78, 5) is 0. The molecule has 0 bridgehead atoms. The fourth-order valence-corrected chi connectivity index (χ4v) is 3.43. The quantitative estimate of drug-likeness (QED) is 0.580. The van der Waals surface area contributed by atoms with E-state index in [1.54, 1.807) is 19.1 Å². The first-order chi connectivity index (χ1) is 10.0. The van der Waals surface area contributed by atoms with Gasteiger partial charge in [0.2, 0.25) is 0 Å². The van der Waals surface area contributed by atoms with Crippen molar-refractivity contribution >= 4 is 18.7 Å². The largest absolute Gasteiger partial charge is 0.421 e. The number of rotatable bonds is 6. The van der Waals surface area contributed by atoms with Crippen LogP contribution in [0.5, 0.6) is 0 Å². The van der Waals surface area contributed by atoms with Gasteiger partial charge >= 0.3 is 7.60 Å². The fraction of sp³-hybridized carbons (Fsp3) is 0.176. The van der Waals surface area contributed by atoms with Gasteiger partial charge in [-0.25, -0.2) is 4.57 Å². The van der Waals surface area contributed by atoms with E-state index in [0.29, 0.717) is 17.7 Å². The van der Waals surface area contributed by atoms with Gasteiger partial charge in [0.15, 0.2) is 0 Å². The van der Waals surface area contributed by atoms with Crippen molar-refractivity contribution < 1.29 is 13.6 Å². The summed E-state index contributed by atoms with van der Waals surface area (Å²) >= 11 is 0. The Bertz CT molecular complexity index is 647. The molecule has 2 aromatic rings. The van der Waals surface area contributed by atoms with Gasteiger partial charge in [0.25, 0.3) is 0 Å². The second-order valence-corrected chi connectivity index (χ2v) is 6.58. The normalized spacial score (nSPS) is 13.4. The van der Waals surface area contributed by atoms with E-state index in [1.807, 2.05) is 49.4 Å². The minimum absolute atomic E-state index is 0.299. The van der Waals surface area contributed by atoms with Crippen molar-refractivity contribution in [3.05, 3.63) is 72.3 Å². The molecule has 0 saturated carbocycles. The molecule has 0 heterocycles. The monoisotopic (exact) mass is 302 g/mol. The van der Waals surface area contributed by atoms with Gasteiger partial charge in [0.05, 0.1) is 11.9 Å². The van der Waals surface area contributed by atoms with Crippen molar-refractivity contribution in [2.24, 2.45) is 0 Å². The summed E-state index contributed by atoms with van der Waals surface area (Å²) in [5, 5.41) is 0.534. The number of benzene rings is 2. The van der Waals surface area contributed by atoms with Crippen LogP contribution in [0.1, 0.15) is 18.1 Å². The SMILES string of the molecule is C=C(OP(=O)(OCC)c1ccc(C)cc1)c1ccccc1. The van der Waals surface area contributed by atoms with Gasteiger partial charge in [0, 0.05) is 5.56 Å². The molecule has 0 spiro atoms. The molecule has 4 heteroatoms. The Hall–Kier alpha value is -1.83. The van der Waals surface area contributed by atoms with Crippen LogP contribution in [0.15, 0.2) is 61.2 Å². The Morgan fingerprint density at radius 3 is 2.29 bits per heavy atom. The standard InChI is InChI=1S/C17H19O3P/c1-4-19-21(18,17-12-10-14(2)11-13-17)20-15(3)16-8-6-5-7-9-16/h5-13H,3-4H2,1-2H3. The predicted octanol–water partition coefficient (Wildman–Crippen LogP) is 4.54. The minimum Gasteiger partial charge on any atom is -0.421 e. The summed E-state index contributed by atoms with van der Waals surface area (Å²) in [6.45, 7) is 7.92. The Kier molecular flexibility index (Phi) is 5.00. The second-order valence-electron chi connectivity index (χ2n) is 4.63. The van der Waals surface area contributed by atoms with Crippen LogP contribution in [-0.2, 0) is 13.6 Å². The highest BCUT2D eigenvalue weighted by Gasteiger charge is 2.29. The van der Waals surface area contributed by atoms with E-state index >= 15 is 0 Å². The fourth-order valence-electron chi connectivity index (χ4n) is 1.87. The molecular weight excluding hydrogens is 283 g/mol. The maximum atomic E-state index is 13.0. The summed E-state index contributed by atoms with van der Waals surface area (Å²) in [6, 6.07) is 16.7. The molecule has 1 unspecified atom stereocenters. The first kappa shape index (κ1) is 15.6. The van der Waals surface area contributed by atoms with Crippen molar-refractivity contribution in [1.29, 1.82) is 0 Å². The van der Waals surface area contributed by atoms with Crippen molar-refractivity contribution in [3.63, 3.8) is 0 Å². The summed E-state index contributed by atoms with van der Waals surface area (Å²) in [7, 11) is -3.41. The highest BCUT2D eigenvalue weighted by molar-refractivity contribution is 7.62. The highest BCUT2D eigenvalue weighted by atomic mass is 31.2. The lowest BCUT2D eigenvalue weighted by Gasteiger charge is -2.20. The average molecular weight is 302 g/mol. The zero-order valence-corrected chi connectivity index (χ0v) is 13.2. The van der Waals surface area contributed by atoms with E-state index in [-0.39, 0.29) is 0 Å². The molecule has 2 aromatic carbocycles. The highest BCUT2D eigenvalue weighted by Crippen LogP contribution is 2.50. The van der Waals surface area contributed by atoms with Crippen LogP contribution >= 0.6 is 7.60 Å². The Morgan fingerprint density at radius 1 is 1.10 bits per heavy atom. The molecule has 0 aromatic heterocycles. The van der Waals surface area contributed by atoms with E-state index in [0.717, 1.165) is 11.1 Å². The van der Waals surface area contributed by atoms with Crippen LogP contribution < -0.4 is 5.30 Å². The predicted molar refractivity (Wildman–Crippen MR) is 86.6 cm³/mol. The molecule has 0 aliphatic rings. The third-order valence-corrected chi connectivity index (χ3v) is 4.96. The topological polar surface area (TPSA) is 35.5 Å². The second kappa shape index (κ2) is 6.75. The van der Waals surface area contributed by atoms with Crippen LogP contribution in [0.25, 0.3) is 5.76 Å². The van der Waals surface area contributed by atoms with Crippen LogP contribution in [-0.4, -0.2) is 6.61 Å². The zero-order chi connectivity index (χ0) is 15.3. The molecule has 2 rings (SSSR count).